The average Bonchev–Trinajstić information content (AvgIpc) is 2.79. The average molecular weight is 299 g/mol. The number of H-pyrrole nitrogens is 1. The van der Waals surface area contributed by atoms with E-state index in [9.17, 15) is 9.59 Å². The van der Waals surface area contributed by atoms with Crippen LogP contribution in [0.25, 0.3) is 21.8 Å². The summed E-state index contributed by atoms with van der Waals surface area (Å²) in [6.45, 7) is 5.92. The van der Waals surface area contributed by atoms with Crippen molar-refractivity contribution in [3.05, 3.63) is 40.3 Å². The van der Waals surface area contributed by atoms with E-state index < -0.39 is 18.1 Å². The molecule has 2 N–H and O–H groups in total. The summed E-state index contributed by atoms with van der Waals surface area (Å²) in [5.41, 5.74) is 1.98. The molecule has 114 valence electrons. The van der Waals surface area contributed by atoms with E-state index >= 15 is 0 Å². The van der Waals surface area contributed by atoms with Crippen molar-refractivity contribution in [2.75, 3.05) is 0 Å². The van der Waals surface area contributed by atoms with Crippen LogP contribution in [-0.4, -0.2) is 25.8 Å². The highest BCUT2D eigenvalue weighted by Gasteiger charge is 2.16. The zero-order chi connectivity index (χ0) is 16.1. The Bertz CT molecular complexity index is 945. The summed E-state index contributed by atoms with van der Waals surface area (Å²) >= 11 is 0. The van der Waals surface area contributed by atoms with Gasteiger partial charge in [0.2, 0.25) is 0 Å². The number of fused-ring (bicyclic) bond motifs is 3. The van der Waals surface area contributed by atoms with E-state index in [1.807, 2.05) is 18.2 Å². The van der Waals surface area contributed by atoms with Crippen LogP contribution in [-0.2, 0) is 16.8 Å². The molecule has 0 saturated carbocycles. The lowest BCUT2D eigenvalue weighted by molar-refractivity contribution is -0.137. The Morgan fingerprint density at radius 1 is 1.32 bits per heavy atom. The highest BCUT2D eigenvalue weighted by Crippen LogP contribution is 2.28. The third kappa shape index (κ3) is 2.26. The van der Waals surface area contributed by atoms with Crippen LogP contribution in [0.2, 0.25) is 0 Å². The maximum Gasteiger partial charge on any atom is 0.325 e. The van der Waals surface area contributed by atoms with Gasteiger partial charge in [-0.25, -0.2) is 4.68 Å². The zero-order valence-electron chi connectivity index (χ0n) is 12.7. The summed E-state index contributed by atoms with van der Waals surface area (Å²) < 4.78 is 0.949. The lowest BCUT2D eigenvalue weighted by atomic mass is 9.86. The molecule has 0 fully saturated rings. The van der Waals surface area contributed by atoms with Gasteiger partial charge in [0.25, 0.3) is 5.56 Å². The van der Waals surface area contributed by atoms with Crippen LogP contribution in [0.3, 0.4) is 0 Å². The van der Waals surface area contributed by atoms with Crippen molar-refractivity contribution < 1.29 is 9.90 Å². The topological polar surface area (TPSA) is 88.0 Å². The van der Waals surface area contributed by atoms with E-state index in [1.54, 1.807) is 0 Å². The second-order valence-corrected chi connectivity index (χ2v) is 6.43. The van der Waals surface area contributed by atoms with Crippen LogP contribution in [0.5, 0.6) is 0 Å². The molecule has 0 atom stereocenters. The summed E-state index contributed by atoms with van der Waals surface area (Å²) in [7, 11) is 0. The minimum Gasteiger partial charge on any atom is -0.480 e. The summed E-state index contributed by atoms with van der Waals surface area (Å²) in [6.07, 6.45) is 1.54. The van der Waals surface area contributed by atoms with Gasteiger partial charge in [0, 0.05) is 16.3 Å². The highest BCUT2D eigenvalue weighted by atomic mass is 16.4. The Kier molecular flexibility index (Phi) is 3.05. The van der Waals surface area contributed by atoms with Crippen LogP contribution < -0.4 is 5.56 Å². The van der Waals surface area contributed by atoms with Crippen molar-refractivity contribution in [3.8, 4) is 0 Å². The number of carboxylic acid groups (broad SMARTS) is 1. The van der Waals surface area contributed by atoms with E-state index in [0.717, 1.165) is 21.1 Å². The van der Waals surface area contributed by atoms with Crippen LogP contribution in [0.15, 0.2) is 29.2 Å². The van der Waals surface area contributed by atoms with Gasteiger partial charge in [-0.2, -0.15) is 5.10 Å². The largest absolute Gasteiger partial charge is 0.480 e. The summed E-state index contributed by atoms with van der Waals surface area (Å²) in [5.74, 6) is -1.10. The Morgan fingerprint density at radius 3 is 2.68 bits per heavy atom. The Balaban J connectivity index is 2.27. The second-order valence-electron chi connectivity index (χ2n) is 6.43. The molecule has 0 saturated heterocycles. The first kappa shape index (κ1) is 14.3. The maximum absolute atomic E-state index is 12.3. The summed E-state index contributed by atoms with van der Waals surface area (Å²) in [6, 6.07) is 6.03. The van der Waals surface area contributed by atoms with Gasteiger partial charge >= 0.3 is 5.97 Å². The van der Waals surface area contributed by atoms with E-state index in [0.29, 0.717) is 10.9 Å². The number of carbonyl (C=O) groups is 1. The number of nitrogens with zero attached hydrogens (tertiary/aromatic N) is 2. The van der Waals surface area contributed by atoms with Gasteiger partial charge in [-0.05, 0) is 17.0 Å². The summed E-state index contributed by atoms with van der Waals surface area (Å²) in [5, 5.41) is 14.4. The van der Waals surface area contributed by atoms with Crippen molar-refractivity contribution >= 4 is 27.8 Å². The predicted molar refractivity (Wildman–Crippen MR) is 84.2 cm³/mol. The van der Waals surface area contributed by atoms with Crippen molar-refractivity contribution in [2.45, 2.75) is 32.7 Å². The fraction of sp³-hybridized carbons (Fsp3) is 0.312. The first-order valence-corrected chi connectivity index (χ1v) is 7.01. The van der Waals surface area contributed by atoms with Crippen LogP contribution in [0.1, 0.15) is 26.3 Å². The number of hydrogen-bond donors (Lipinski definition) is 2. The molecule has 2 heterocycles. The molecule has 1 aromatic carbocycles. The molecule has 6 heteroatoms. The molecular weight excluding hydrogens is 282 g/mol. The molecule has 22 heavy (non-hydrogen) atoms. The fourth-order valence-electron chi connectivity index (χ4n) is 2.54. The van der Waals surface area contributed by atoms with Gasteiger partial charge in [-0.3, -0.25) is 9.59 Å². The smallest absolute Gasteiger partial charge is 0.325 e. The minimum atomic E-state index is -1.10. The van der Waals surface area contributed by atoms with Crippen molar-refractivity contribution in [2.24, 2.45) is 0 Å². The van der Waals surface area contributed by atoms with E-state index in [4.69, 9.17) is 5.11 Å². The number of benzene rings is 1. The molecule has 3 aromatic rings. The number of hydrogen-bond acceptors (Lipinski definition) is 3. The van der Waals surface area contributed by atoms with Gasteiger partial charge in [0.05, 0.1) is 6.20 Å². The molecule has 0 bridgehead atoms. The molecule has 0 aliphatic carbocycles. The first-order valence-electron chi connectivity index (χ1n) is 7.01. The van der Waals surface area contributed by atoms with Crippen molar-refractivity contribution in [3.63, 3.8) is 0 Å². The van der Waals surface area contributed by atoms with Crippen molar-refractivity contribution in [1.82, 2.24) is 14.8 Å². The molecule has 6 nitrogen and oxygen atoms in total. The Labute approximate surface area is 126 Å². The lowest BCUT2D eigenvalue weighted by Gasteiger charge is -2.18. The zero-order valence-corrected chi connectivity index (χ0v) is 12.7. The predicted octanol–water partition coefficient (Wildman–Crippen LogP) is 2.26. The van der Waals surface area contributed by atoms with Gasteiger partial charge in [-0.1, -0.05) is 32.9 Å². The van der Waals surface area contributed by atoms with Crippen LogP contribution in [0.4, 0.5) is 0 Å². The Hall–Kier alpha value is -2.63. The molecular formula is C16H17N3O3. The van der Waals surface area contributed by atoms with Crippen molar-refractivity contribution in [1.29, 1.82) is 0 Å². The number of rotatable bonds is 2. The standard InChI is InChI=1S/C16H17N3O3/c1-16(2,3)9-4-5-10-11-7-17-19(8-13(20)21)15(22)14(11)18-12(10)6-9/h4-7,18H,8H2,1-3H3,(H,20,21). The molecule has 0 unspecified atom stereocenters. The van der Waals surface area contributed by atoms with Crippen LogP contribution >= 0.6 is 0 Å². The van der Waals surface area contributed by atoms with E-state index in [1.165, 1.54) is 6.20 Å². The van der Waals surface area contributed by atoms with Gasteiger partial charge in [0.15, 0.2) is 0 Å². The Morgan fingerprint density at radius 2 is 2.05 bits per heavy atom. The number of aromatic nitrogens is 3. The lowest BCUT2D eigenvalue weighted by Crippen LogP contribution is -2.26. The van der Waals surface area contributed by atoms with E-state index in [2.05, 4.69) is 30.9 Å². The molecule has 0 aliphatic rings. The first-order chi connectivity index (χ1) is 10.3. The van der Waals surface area contributed by atoms with Gasteiger partial charge in [0.1, 0.15) is 12.1 Å². The number of aliphatic carboxylic acids is 1. The molecule has 0 aliphatic heterocycles. The molecule has 0 spiro atoms. The fourth-order valence-corrected chi connectivity index (χ4v) is 2.54. The normalized spacial score (nSPS) is 12.1. The van der Waals surface area contributed by atoms with E-state index in [-0.39, 0.29) is 5.41 Å². The maximum atomic E-state index is 12.3. The monoisotopic (exact) mass is 299 g/mol. The number of aromatic amines is 1. The quantitative estimate of drug-likeness (QED) is 0.759. The highest BCUT2D eigenvalue weighted by molar-refractivity contribution is 6.06. The molecule has 0 amide bonds. The van der Waals surface area contributed by atoms with Gasteiger partial charge in [-0.15, -0.1) is 0 Å². The second kappa shape index (κ2) is 4.69. The number of nitrogens with one attached hydrogen (secondary N) is 1. The summed E-state index contributed by atoms with van der Waals surface area (Å²) in [4.78, 5) is 26.2. The molecule has 3 rings (SSSR count). The third-order valence-electron chi connectivity index (χ3n) is 3.76. The van der Waals surface area contributed by atoms with Gasteiger partial charge < -0.3 is 10.1 Å². The third-order valence-corrected chi connectivity index (χ3v) is 3.76. The van der Waals surface area contributed by atoms with Crippen LogP contribution in [0, 0.1) is 0 Å². The number of carboxylic acids is 1. The molecule has 0 radical (unpaired) electrons. The molecule has 2 aromatic heterocycles. The minimum absolute atomic E-state index is 0.00719. The SMILES string of the molecule is CC(C)(C)c1ccc2c(c1)[nH]c1c(=O)n(CC(=O)O)ncc12.